The predicted molar refractivity (Wildman–Crippen MR) is 54.9 cm³/mol. The molecular formula is C10H21P. The number of hydrogen-bond acceptors (Lipinski definition) is 0. The van der Waals surface area contributed by atoms with Crippen LogP contribution in [0.25, 0.3) is 0 Å². The van der Waals surface area contributed by atoms with Crippen LogP contribution in [0.5, 0.6) is 0 Å². The summed E-state index contributed by atoms with van der Waals surface area (Å²) in [6.07, 6.45) is 8.99. The highest BCUT2D eigenvalue weighted by Gasteiger charge is 2.18. The Hall–Kier alpha value is 0.430. The Kier molecular flexibility index (Phi) is 4.45. The molecule has 1 rings (SSSR count). The molecule has 0 amide bonds. The van der Waals surface area contributed by atoms with E-state index in [2.05, 4.69) is 13.6 Å². The predicted octanol–water partition coefficient (Wildman–Crippen LogP) is 3.65. The molecule has 1 heteroatoms. The van der Waals surface area contributed by atoms with Crippen LogP contribution in [0, 0.1) is 5.92 Å². The van der Waals surface area contributed by atoms with Gasteiger partial charge in [0.15, 0.2) is 0 Å². The van der Waals surface area contributed by atoms with Crippen molar-refractivity contribution < 1.29 is 0 Å². The molecule has 1 aliphatic carbocycles. The lowest BCUT2D eigenvalue weighted by Gasteiger charge is -2.27. The van der Waals surface area contributed by atoms with Crippen molar-refractivity contribution in [1.29, 1.82) is 0 Å². The molecule has 0 aromatic rings. The largest absolute Gasteiger partial charge is 0.122 e. The van der Waals surface area contributed by atoms with Crippen LogP contribution in [0.4, 0.5) is 0 Å². The van der Waals surface area contributed by atoms with Gasteiger partial charge in [-0.15, -0.1) is 8.58 Å². The molecule has 0 nitrogen and oxygen atoms in total. The van der Waals surface area contributed by atoms with E-state index in [0.717, 1.165) is 11.6 Å². The molecule has 0 bridgehead atoms. The summed E-state index contributed by atoms with van der Waals surface area (Å²) in [6.45, 7) is 4.68. The summed E-state index contributed by atoms with van der Waals surface area (Å²) >= 11 is 0. The SMILES string of the molecule is CCCC1CCC(PC)CC1. The zero-order valence-corrected chi connectivity index (χ0v) is 8.90. The van der Waals surface area contributed by atoms with E-state index >= 15 is 0 Å². The van der Waals surface area contributed by atoms with Crippen molar-refractivity contribution in [1.82, 2.24) is 0 Å². The molecule has 0 aromatic carbocycles. The van der Waals surface area contributed by atoms with Gasteiger partial charge < -0.3 is 0 Å². The summed E-state index contributed by atoms with van der Waals surface area (Å²) in [5.41, 5.74) is 1.10. The first-order valence-electron chi connectivity index (χ1n) is 5.04. The lowest BCUT2D eigenvalue weighted by Crippen LogP contribution is -2.14. The second-order valence-corrected chi connectivity index (χ2v) is 5.19. The van der Waals surface area contributed by atoms with Gasteiger partial charge in [0.1, 0.15) is 0 Å². The molecule has 1 saturated carbocycles. The first-order valence-corrected chi connectivity index (χ1v) is 6.61. The molecule has 0 spiro atoms. The van der Waals surface area contributed by atoms with Gasteiger partial charge in [0.2, 0.25) is 0 Å². The fourth-order valence-electron chi connectivity index (χ4n) is 2.15. The van der Waals surface area contributed by atoms with Crippen molar-refractivity contribution in [2.75, 3.05) is 6.66 Å². The van der Waals surface area contributed by atoms with E-state index in [4.69, 9.17) is 0 Å². The molecule has 11 heavy (non-hydrogen) atoms. The minimum atomic E-state index is 1.09. The fourth-order valence-corrected chi connectivity index (χ4v) is 3.06. The molecule has 0 saturated heterocycles. The van der Waals surface area contributed by atoms with Crippen LogP contribution in [0.3, 0.4) is 0 Å². The van der Waals surface area contributed by atoms with Crippen LogP contribution in [0.1, 0.15) is 45.4 Å². The zero-order chi connectivity index (χ0) is 8.10. The Balaban J connectivity index is 2.14. The zero-order valence-electron chi connectivity index (χ0n) is 7.90. The first kappa shape index (κ1) is 9.52. The van der Waals surface area contributed by atoms with Gasteiger partial charge in [0.05, 0.1) is 0 Å². The lowest BCUT2D eigenvalue weighted by molar-refractivity contribution is 0.342. The monoisotopic (exact) mass is 172 g/mol. The quantitative estimate of drug-likeness (QED) is 0.570. The molecule has 0 heterocycles. The molecule has 0 N–H and O–H groups in total. The van der Waals surface area contributed by atoms with Gasteiger partial charge in [-0.2, -0.15) is 0 Å². The highest BCUT2D eigenvalue weighted by Crippen LogP contribution is 2.35. The Morgan fingerprint density at radius 2 is 1.82 bits per heavy atom. The second kappa shape index (κ2) is 5.14. The van der Waals surface area contributed by atoms with Crippen molar-refractivity contribution in [2.45, 2.75) is 51.1 Å². The first-order chi connectivity index (χ1) is 5.36. The highest BCUT2D eigenvalue weighted by atomic mass is 31.1. The van der Waals surface area contributed by atoms with Gasteiger partial charge in [-0.25, -0.2) is 0 Å². The van der Waals surface area contributed by atoms with Gasteiger partial charge in [-0.3, -0.25) is 0 Å². The van der Waals surface area contributed by atoms with Crippen molar-refractivity contribution >= 4 is 8.58 Å². The van der Waals surface area contributed by atoms with Gasteiger partial charge in [0.25, 0.3) is 0 Å². The second-order valence-electron chi connectivity index (χ2n) is 3.79. The molecule has 0 radical (unpaired) electrons. The minimum absolute atomic E-state index is 1.09. The molecule has 1 unspecified atom stereocenters. The number of hydrogen-bond donors (Lipinski definition) is 0. The molecule has 1 fully saturated rings. The standard InChI is InChI=1S/C10H21P/c1-3-4-9-5-7-10(11-2)8-6-9/h9-11H,3-8H2,1-2H3. The topological polar surface area (TPSA) is 0 Å². The average Bonchev–Trinajstić information content (AvgIpc) is 2.07. The Bertz CT molecular complexity index is 93.0. The molecule has 1 aliphatic rings. The third kappa shape index (κ3) is 3.11. The molecule has 0 aromatic heterocycles. The minimum Gasteiger partial charge on any atom is -0.122 e. The van der Waals surface area contributed by atoms with E-state index in [9.17, 15) is 0 Å². The van der Waals surface area contributed by atoms with Crippen molar-refractivity contribution in [3.8, 4) is 0 Å². The van der Waals surface area contributed by atoms with Crippen LogP contribution < -0.4 is 0 Å². The molecule has 66 valence electrons. The average molecular weight is 172 g/mol. The highest BCUT2D eigenvalue weighted by molar-refractivity contribution is 7.37. The third-order valence-electron chi connectivity index (χ3n) is 2.95. The summed E-state index contributed by atoms with van der Waals surface area (Å²) in [4.78, 5) is 0. The van der Waals surface area contributed by atoms with E-state index in [-0.39, 0.29) is 0 Å². The number of rotatable bonds is 3. The van der Waals surface area contributed by atoms with Crippen molar-refractivity contribution in [3.05, 3.63) is 0 Å². The van der Waals surface area contributed by atoms with Gasteiger partial charge in [0, 0.05) is 0 Å². The maximum atomic E-state index is 2.37. The van der Waals surface area contributed by atoms with Gasteiger partial charge >= 0.3 is 0 Å². The summed E-state index contributed by atoms with van der Waals surface area (Å²) in [5, 5.41) is 0. The van der Waals surface area contributed by atoms with E-state index in [1.54, 1.807) is 0 Å². The van der Waals surface area contributed by atoms with Crippen LogP contribution in [-0.4, -0.2) is 12.3 Å². The van der Waals surface area contributed by atoms with Gasteiger partial charge in [-0.05, 0) is 43.9 Å². The lowest BCUT2D eigenvalue weighted by atomic mass is 9.86. The third-order valence-corrected chi connectivity index (χ3v) is 4.35. The summed E-state index contributed by atoms with van der Waals surface area (Å²) in [5.74, 6) is 1.09. The van der Waals surface area contributed by atoms with E-state index in [1.165, 1.54) is 47.1 Å². The van der Waals surface area contributed by atoms with E-state index < -0.39 is 0 Å². The van der Waals surface area contributed by atoms with E-state index in [1.807, 2.05) is 0 Å². The smallest absolute Gasteiger partial charge is 0.0239 e. The summed E-state index contributed by atoms with van der Waals surface area (Å²) in [7, 11) is 1.20. The Morgan fingerprint density at radius 1 is 1.18 bits per heavy atom. The van der Waals surface area contributed by atoms with Crippen LogP contribution >= 0.6 is 8.58 Å². The maximum absolute atomic E-state index is 2.37. The molecule has 1 atom stereocenters. The maximum Gasteiger partial charge on any atom is -0.0239 e. The van der Waals surface area contributed by atoms with Crippen LogP contribution in [0.2, 0.25) is 0 Å². The molecule has 0 aliphatic heterocycles. The summed E-state index contributed by atoms with van der Waals surface area (Å²) < 4.78 is 0. The fraction of sp³-hybridized carbons (Fsp3) is 1.00. The normalized spacial score (nSPS) is 33.3. The van der Waals surface area contributed by atoms with Crippen molar-refractivity contribution in [3.63, 3.8) is 0 Å². The Morgan fingerprint density at radius 3 is 2.27 bits per heavy atom. The van der Waals surface area contributed by atoms with Crippen molar-refractivity contribution in [2.24, 2.45) is 5.92 Å². The Labute approximate surface area is 72.9 Å². The summed E-state index contributed by atoms with van der Waals surface area (Å²) in [6, 6.07) is 0. The van der Waals surface area contributed by atoms with E-state index in [0.29, 0.717) is 0 Å². The van der Waals surface area contributed by atoms with Crippen LogP contribution in [0.15, 0.2) is 0 Å². The van der Waals surface area contributed by atoms with Gasteiger partial charge in [-0.1, -0.05) is 19.8 Å². The molecular weight excluding hydrogens is 151 g/mol. The van der Waals surface area contributed by atoms with Crippen LogP contribution in [-0.2, 0) is 0 Å².